The number of benzene rings is 1. The lowest BCUT2D eigenvalue weighted by atomic mass is 9.73. The van der Waals surface area contributed by atoms with Gasteiger partial charge in [0.1, 0.15) is 6.10 Å². The molecule has 0 spiro atoms. The maximum atomic E-state index is 12.2. The molecule has 1 unspecified atom stereocenters. The Hall–Kier alpha value is -2.08. The van der Waals surface area contributed by atoms with Gasteiger partial charge < -0.3 is 15.4 Å². The van der Waals surface area contributed by atoms with Crippen LogP contribution in [0, 0.1) is 13.8 Å². The van der Waals surface area contributed by atoms with Gasteiger partial charge in [0.2, 0.25) is 5.91 Å². The first-order valence-corrected chi connectivity index (χ1v) is 8.35. The third-order valence-corrected chi connectivity index (χ3v) is 4.92. The highest BCUT2D eigenvalue weighted by molar-refractivity contribution is 5.90. The summed E-state index contributed by atoms with van der Waals surface area (Å²) in [5, 5.41) is 6.04. The average molecular weight is 331 g/mol. The topological polar surface area (TPSA) is 70.7 Å². The molecule has 6 nitrogen and oxygen atoms in total. The lowest BCUT2D eigenvalue weighted by molar-refractivity contribution is -0.119. The van der Waals surface area contributed by atoms with Crippen molar-refractivity contribution in [1.29, 1.82) is 0 Å². The number of ether oxygens (including phenoxy) is 1. The Morgan fingerprint density at radius 2 is 2.00 bits per heavy atom. The summed E-state index contributed by atoms with van der Waals surface area (Å²) >= 11 is 0. The summed E-state index contributed by atoms with van der Waals surface area (Å²) in [6, 6.07) is 4.13. The van der Waals surface area contributed by atoms with Crippen LogP contribution >= 0.6 is 0 Å². The molecule has 2 aliphatic heterocycles. The molecule has 1 aromatic rings. The molecule has 3 rings (SSSR count). The maximum absolute atomic E-state index is 12.2. The number of hydrogen-bond acceptors (Lipinski definition) is 4. The lowest BCUT2D eigenvalue weighted by Gasteiger charge is -2.42. The van der Waals surface area contributed by atoms with Gasteiger partial charge in [-0.05, 0) is 42.7 Å². The third-order valence-electron chi connectivity index (χ3n) is 4.92. The van der Waals surface area contributed by atoms with Crippen LogP contribution in [0.15, 0.2) is 12.1 Å². The first-order valence-electron chi connectivity index (χ1n) is 8.35. The number of anilines is 1. The van der Waals surface area contributed by atoms with Crippen molar-refractivity contribution in [1.82, 2.24) is 10.6 Å². The maximum Gasteiger partial charge on any atom is 0.414 e. The summed E-state index contributed by atoms with van der Waals surface area (Å²) in [5.74, 6) is -0.122. The first-order chi connectivity index (χ1) is 11.3. The summed E-state index contributed by atoms with van der Waals surface area (Å²) in [6.07, 6.45) is -0.663. The number of carbonyl (C=O) groups is 2. The second-order valence-corrected chi connectivity index (χ2v) is 7.17. The Labute approximate surface area is 142 Å². The van der Waals surface area contributed by atoms with Crippen LogP contribution in [0.25, 0.3) is 0 Å². The van der Waals surface area contributed by atoms with Crippen LogP contribution in [0.2, 0.25) is 0 Å². The van der Waals surface area contributed by atoms with Crippen LogP contribution in [0.4, 0.5) is 10.5 Å². The van der Waals surface area contributed by atoms with Gasteiger partial charge >= 0.3 is 6.09 Å². The number of cyclic esters (lactones) is 1. The van der Waals surface area contributed by atoms with Crippen molar-refractivity contribution in [2.75, 3.05) is 31.1 Å². The second-order valence-electron chi connectivity index (χ2n) is 7.17. The summed E-state index contributed by atoms with van der Waals surface area (Å²) in [5.41, 5.74) is 4.80. The van der Waals surface area contributed by atoms with E-state index in [1.54, 1.807) is 4.90 Å². The van der Waals surface area contributed by atoms with Gasteiger partial charge in [-0.15, -0.1) is 0 Å². The summed E-state index contributed by atoms with van der Waals surface area (Å²) in [6.45, 7) is 10.7. The van der Waals surface area contributed by atoms with E-state index in [4.69, 9.17) is 4.74 Å². The average Bonchev–Trinajstić information content (AvgIpc) is 2.83. The normalized spacial score (nSPS) is 22.1. The van der Waals surface area contributed by atoms with Crippen molar-refractivity contribution >= 4 is 17.7 Å². The predicted molar refractivity (Wildman–Crippen MR) is 92.4 cm³/mol. The number of nitrogens with zero attached hydrogens (tertiary/aromatic N) is 1. The van der Waals surface area contributed by atoms with Crippen molar-refractivity contribution in [3.63, 3.8) is 0 Å². The monoisotopic (exact) mass is 331 g/mol. The molecule has 0 radical (unpaired) electrons. The molecule has 2 amide bonds. The second kappa shape index (κ2) is 6.09. The zero-order valence-electron chi connectivity index (χ0n) is 14.7. The molecule has 0 aliphatic carbocycles. The minimum Gasteiger partial charge on any atom is -0.442 e. The fraction of sp³-hybridized carbons (Fsp3) is 0.556. The highest BCUT2D eigenvalue weighted by Gasteiger charge is 2.37. The molecule has 1 aromatic carbocycles. The van der Waals surface area contributed by atoms with Crippen LogP contribution < -0.4 is 15.5 Å². The summed E-state index contributed by atoms with van der Waals surface area (Å²) in [7, 11) is 0. The van der Waals surface area contributed by atoms with E-state index in [1.165, 1.54) is 23.6 Å². The zero-order chi connectivity index (χ0) is 17.5. The molecule has 2 N–H and O–H groups in total. The van der Waals surface area contributed by atoms with E-state index in [0.29, 0.717) is 13.1 Å². The molecule has 0 saturated carbocycles. The van der Waals surface area contributed by atoms with E-state index >= 15 is 0 Å². The van der Waals surface area contributed by atoms with Gasteiger partial charge in [-0.1, -0.05) is 6.92 Å². The molecule has 0 bridgehead atoms. The van der Waals surface area contributed by atoms with E-state index < -0.39 is 0 Å². The van der Waals surface area contributed by atoms with Crippen LogP contribution in [0.1, 0.15) is 30.5 Å². The van der Waals surface area contributed by atoms with Crippen LogP contribution in [0.3, 0.4) is 0 Å². The summed E-state index contributed by atoms with van der Waals surface area (Å²) < 4.78 is 5.35. The van der Waals surface area contributed by atoms with E-state index in [2.05, 4.69) is 43.5 Å². The summed E-state index contributed by atoms with van der Waals surface area (Å²) in [4.78, 5) is 24.9. The molecule has 0 aromatic heterocycles. The van der Waals surface area contributed by atoms with Gasteiger partial charge in [0.25, 0.3) is 0 Å². The fourth-order valence-corrected chi connectivity index (χ4v) is 3.82. The number of hydrogen-bond donors (Lipinski definition) is 2. The van der Waals surface area contributed by atoms with E-state index in [0.717, 1.165) is 18.8 Å². The molecule has 130 valence electrons. The quantitative estimate of drug-likeness (QED) is 0.880. The Bertz CT molecular complexity index is 659. The minimum absolute atomic E-state index is 0.122. The largest absolute Gasteiger partial charge is 0.442 e. The highest BCUT2D eigenvalue weighted by Crippen LogP contribution is 2.36. The molecule has 24 heavy (non-hydrogen) atoms. The number of carbonyl (C=O) groups excluding carboxylic acids is 2. The van der Waals surface area contributed by atoms with Gasteiger partial charge in [0, 0.05) is 31.1 Å². The molecule has 6 heteroatoms. The lowest BCUT2D eigenvalue weighted by Crippen LogP contribution is -2.55. The Morgan fingerprint density at radius 1 is 1.38 bits per heavy atom. The highest BCUT2D eigenvalue weighted by atomic mass is 16.6. The van der Waals surface area contributed by atoms with E-state index in [9.17, 15) is 9.59 Å². The van der Waals surface area contributed by atoms with E-state index in [1.807, 2.05) is 0 Å². The molecular weight excluding hydrogens is 306 g/mol. The molecule has 2 saturated heterocycles. The molecular formula is C18H25N3O3. The van der Waals surface area contributed by atoms with Gasteiger partial charge in [-0.3, -0.25) is 9.69 Å². The smallest absolute Gasteiger partial charge is 0.414 e. The van der Waals surface area contributed by atoms with Gasteiger partial charge in [0.05, 0.1) is 13.1 Å². The zero-order valence-corrected chi connectivity index (χ0v) is 14.7. The van der Waals surface area contributed by atoms with Crippen LogP contribution in [-0.2, 0) is 14.9 Å². The van der Waals surface area contributed by atoms with Gasteiger partial charge in [0.15, 0.2) is 0 Å². The van der Waals surface area contributed by atoms with Crippen molar-refractivity contribution in [2.24, 2.45) is 0 Å². The first kappa shape index (κ1) is 16.8. The number of amides is 2. The van der Waals surface area contributed by atoms with Crippen molar-refractivity contribution in [3.8, 4) is 0 Å². The van der Waals surface area contributed by atoms with Gasteiger partial charge in [-0.25, -0.2) is 4.79 Å². The van der Waals surface area contributed by atoms with Crippen molar-refractivity contribution < 1.29 is 14.3 Å². The molecule has 2 fully saturated rings. The Kier molecular flexibility index (Phi) is 4.25. The van der Waals surface area contributed by atoms with Crippen molar-refractivity contribution in [3.05, 3.63) is 28.8 Å². The van der Waals surface area contributed by atoms with Crippen LogP contribution in [0.5, 0.6) is 0 Å². The van der Waals surface area contributed by atoms with E-state index in [-0.39, 0.29) is 23.5 Å². The Morgan fingerprint density at radius 3 is 2.50 bits per heavy atom. The predicted octanol–water partition coefficient (Wildman–Crippen LogP) is 1.63. The number of aryl methyl sites for hydroxylation is 2. The fourth-order valence-electron chi connectivity index (χ4n) is 3.82. The number of rotatable bonds is 4. The van der Waals surface area contributed by atoms with Crippen molar-refractivity contribution in [2.45, 2.75) is 39.2 Å². The standard InChI is InChI=1S/C18H25N3O3/c1-11-5-14(6-12(2)16(11)18(4)9-19-10-18)21-8-15(24-17(21)23)7-20-13(3)22/h5-6,15,19H,7-10H2,1-4H3,(H,20,22). The minimum atomic E-state index is -0.353. The molecule has 1 atom stereocenters. The van der Waals surface area contributed by atoms with Crippen LogP contribution in [-0.4, -0.2) is 44.3 Å². The van der Waals surface area contributed by atoms with Gasteiger partial charge in [-0.2, -0.15) is 0 Å². The Balaban J connectivity index is 1.80. The molecule has 2 aliphatic rings. The SMILES string of the molecule is CC(=O)NCC1CN(c2cc(C)c(C3(C)CNC3)c(C)c2)C(=O)O1. The molecule has 2 heterocycles. The third kappa shape index (κ3) is 2.98. The number of nitrogens with one attached hydrogen (secondary N) is 2.